The summed E-state index contributed by atoms with van der Waals surface area (Å²) >= 11 is 5.18. The van der Waals surface area contributed by atoms with Crippen LogP contribution in [0, 0.1) is 20.8 Å². The Labute approximate surface area is 156 Å². The van der Waals surface area contributed by atoms with Crippen LogP contribution in [0.5, 0.6) is 11.5 Å². The number of thiocarbonyl (C=S) groups is 1. The number of carbonyl (C=O) groups is 1. The number of hydrogen-bond donors (Lipinski definition) is 1. The molecule has 5 heteroatoms. The maximum absolute atomic E-state index is 12.2. The van der Waals surface area contributed by atoms with Crippen molar-refractivity contribution in [3.8, 4) is 11.5 Å². The van der Waals surface area contributed by atoms with Crippen LogP contribution in [0.3, 0.4) is 0 Å². The van der Waals surface area contributed by atoms with E-state index in [9.17, 15) is 4.79 Å². The van der Waals surface area contributed by atoms with Crippen LogP contribution in [-0.2, 0) is 11.2 Å². The minimum Gasteiger partial charge on any atom is -0.480 e. The van der Waals surface area contributed by atoms with Crippen molar-refractivity contribution in [3.05, 3.63) is 22.3 Å². The van der Waals surface area contributed by atoms with Crippen LogP contribution in [0.2, 0.25) is 0 Å². The summed E-state index contributed by atoms with van der Waals surface area (Å²) in [6.07, 6.45) is 4.98. The van der Waals surface area contributed by atoms with Gasteiger partial charge in [-0.25, -0.2) is 0 Å². The topological polar surface area (TPSA) is 61.5 Å². The van der Waals surface area contributed by atoms with Crippen LogP contribution in [0.15, 0.2) is 0 Å². The highest BCUT2D eigenvalue weighted by Crippen LogP contribution is 2.43. The van der Waals surface area contributed by atoms with Gasteiger partial charge in [0, 0.05) is 12.0 Å². The first-order valence-corrected chi connectivity index (χ1v) is 9.44. The lowest BCUT2D eigenvalue weighted by atomic mass is 9.87. The molecule has 1 aliphatic heterocycles. The Bertz CT molecular complexity index is 699. The average Bonchev–Trinajstić information content (AvgIpc) is 2.57. The van der Waals surface area contributed by atoms with Crippen molar-refractivity contribution in [2.24, 2.45) is 5.73 Å². The Balaban J connectivity index is 2.33. The summed E-state index contributed by atoms with van der Waals surface area (Å²) in [5, 5.41) is 0. The lowest BCUT2D eigenvalue weighted by Gasteiger charge is -2.37. The van der Waals surface area contributed by atoms with E-state index >= 15 is 0 Å². The van der Waals surface area contributed by atoms with Crippen LogP contribution in [-0.4, -0.2) is 16.6 Å². The summed E-state index contributed by atoms with van der Waals surface area (Å²) in [6, 6.07) is 0. The summed E-state index contributed by atoms with van der Waals surface area (Å²) < 4.78 is 11.9. The number of carbonyl (C=O) groups excluding carboxylic acids is 1. The standard InChI is InChI=1S/C20H29NO3S/c1-6-7-8-9-16(22)23-17-12(2)13(3)18-15(14(17)4)10-11-20(5,24-18)19(21)25/h6-11H2,1-5H3,(H2,21,25). The fourth-order valence-corrected chi connectivity index (χ4v) is 3.39. The summed E-state index contributed by atoms with van der Waals surface area (Å²) in [7, 11) is 0. The second kappa shape index (κ2) is 7.73. The Kier molecular flexibility index (Phi) is 6.09. The second-order valence-electron chi connectivity index (χ2n) is 7.14. The van der Waals surface area contributed by atoms with Gasteiger partial charge in [-0.2, -0.15) is 0 Å². The number of ether oxygens (including phenoxy) is 2. The summed E-state index contributed by atoms with van der Waals surface area (Å²) in [5.74, 6) is 1.35. The predicted molar refractivity (Wildman–Crippen MR) is 105 cm³/mol. The Morgan fingerprint density at radius 2 is 1.92 bits per heavy atom. The van der Waals surface area contributed by atoms with Crippen LogP contribution in [0.4, 0.5) is 0 Å². The molecular formula is C20H29NO3S. The van der Waals surface area contributed by atoms with Crippen molar-refractivity contribution < 1.29 is 14.3 Å². The summed E-state index contributed by atoms with van der Waals surface area (Å²) in [6.45, 7) is 10.0. The summed E-state index contributed by atoms with van der Waals surface area (Å²) in [5.41, 5.74) is 9.25. The number of fused-ring (bicyclic) bond motifs is 1. The number of esters is 1. The zero-order valence-corrected chi connectivity index (χ0v) is 16.8. The van der Waals surface area contributed by atoms with Gasteiger partial charge in [-0.1, -0.05) is 32.0 Å². The minimum absolute atomic E-state index is 0.163. The molecule has 0 saturated carbocycles. The molecule has 0 amide bonds. The third kappa shape index (κ3) is 3.97. The highest BCUT2D eigenvalue weighted by molar-refractivity contribution is 7.80. The maximum Gasteiger partial charge on any atom is 0.311 e. The maximum atomic E-state index is 12.2. The van der Waals surface area contributed by atoms with Gasteiger partial charge in [-0.15, -0.1) is 0 Å². The molecule has 0 spiro atoms. The zero-order chi connectivity index (χ0) is 18.8. The van der Waals surface area contributed by atoms with E-state index in [0.29, 0.717) is 17.2 Å². The van der Waals surface area contributed by atoms with E-state index in [4.69, 9.17) is 27.4 Å². The van der Waals surface area contributed by atoms with E-state index in [-0.39, 0.29) is 5.97 Å². The van der Waals surface area contributed by atoms with E-state index < -0.39 is 5.60 Å². The Hall–Kier alpha value is -1.62. The van der Waals surface area contributed by atoms with Crippen molar-refractivity contribution >= 4 is 23.2 Å². The number of rotatable bonds is 6. The molecule has 1 aromatic rings. The lowest BCUT2D eigenvalue weighted by Crippen LogP contribution is -2.47. The molecule has 25 heavy (non-hydrogen) atoms. The quantitative estimate of drug-likeness (QED) is 0.350. The molecule has 4 nitrogen and oxygen atoms in total. The third-order valence-electron chi connectivity index (χ3n) is 5.21. The van der Waals surface area contributed by atoms with Gasteiger partial charge in [-0.3, -0.25) is 4.79 Å². The number of nitrogens with two attached hydrogens (primary N) is 1. The van der Waals surface area contributed by atoms with Gasteiger partial charge in [-0.05, 0) is 63.6 Å². The van der Waals surface area contributed by atoms with Gasteiger partial charge >= 0.3 is 5.97 Å². The number of unbranched alkanes of at least 4 members (excludes halogenated alkanes) is 2. The fraction of sp³-hybridized carbons (Fsp3) is 0.600. The van der Waals surface area contributed by atoms with Crippen molar-refractivity contribution in [3.63, 3.8) is 0 Å². The molecule has 1 atom stereocenters. The van der Waals surface area contributed by atoms with Crippen LogP contribution >= 0.6 is 12.2 Å². The molecular weight excluding hydrogens is 334 g/mol. The highest BCUT2D eigenvalue weighted by Gasteiger charge is 2.37. The largest absolute Gasteiger partial charge is 0.480 e. The fourth-order valence-electron chi connectivity index (χ4n) is 3.25. The van der Waals surface area contributed by atoms with Gasteiger partial charge in [0.1, 0.15) is 16.5 Å². The SMILES string of the molecule is CCCCCC(=O)Oc1c(C)c(C)c2c(c1C)CCC(C)(C(N)=S)O2. The molecule has 1 aromatic carbocycles. The highest BCUT2D eigenvalue weighted by atomic mass is 32.1. The van der Waals surface area contributed by atoms with Gasteiger partial charge in [0.2, 0.25) is 0 Å². The van der Waals surface area contributed by atoms with Crippen LogP contribution in [0.25, 0.3) is 0 Å². The molecule has 0 radical (unpaired) electrons. The number of hydrogen-bond acceptors (Lipinski definition) is 4. The smallest absolute Gasteiger partial charge is 0.311 e. The van der Waals surface area contributed by atoms with Gasteiger partial charge < -0.3 is 15.2 Å². The molecule has 1 heterocycles. The molecule has 2 N–H and O–H groups in total. The molecule has 1 unspecified atom stereocenters. The monoisotopic (exact) mass is 363 g/mol. The van der Waals surface area contributed by atoms with Crippen molar-refractivity contribution in [2.45, 2.75) is 78.7 Å². The Morgan fingerprint density at radius 3 is 2.52 bits per heavy atom. The Morgan fingerprint density at radius 1 is 1.24 bits per heavy atom. The van der Waals surface area contributed by atoms with Crippen LogP contribution < -0.4 is 15.2 Å². The lowest BCUT2D eigenvalue weighted by molar-refractivity contribution is -0.134. The first kappa shape index (κ1) is 19.7. The van der Waals surface area contributed by atoms with E-state index in [0.717, 1.165) is 60.1 Å². The van der Waals surface area contributed by atoms with Crippen molar-refractivity contribution in [1.29, 1.82) is 0 Å². The van der Waals surface area contributed by atoms with E-state index in [1.807, 2.05) is 27.7 Å². The van der Waals surface area contributed by atoms with E-state index in [2.05, 4.69) is 6.92 Å². The molecule has 138 valence electrons. The average molecular weight is 364 g/mol. The van der Waals surface area contributed by atoms with Gasteiger partial charge in [0.05, 0.1) is 0 Å². The molecule has 1 aliphatic rings. The van der Waals surface area contributed by atoms with Gasteiger partial charge in [0.25, 0.3) is 0 Å². The molecule has 0 aliphatic carbocycles. The minimum atomic E-state index is -0.621. The number of benzene rings is 1. The van der Waals surface area contributed by atoms with Crippen molar-refractivity contribution in [2.75, 3.05) is 0 Å². The molecule has 0 fully saturated rings. The van der Waals surface area contributed by atoms with E-state index in [1.54, 1.807) is 0 Å². The van der Waals surface area contributed by atoms with E-state index in [1.165, 1.54) is 0 Å². The summed E-state index contributed by atoms with van der Waals surface area (Å²) in [4.78, 5) is 12.6. The predicted octanol–water partition coefficient (Wildman–Crippen LogP) is 4.47. The van der Waals surface area contributed by atoms with Crippen molar-refractivity contribution in [1.82, 2.24) is 0 Å². The molecule has 2 rings (SSSR count). The molecule has 0 saturated heterocycles. The van der Waals surface area contributed by atoms with Gasteiger partial charge in [0.15, 0.2) is 5.60 Å². The first-order chi connectivity index (χ1) is 11.7. The first-order valence-electron chi connectivity index (χ1n) is 9.03. The second-order valence-corrected chi connectivity index (χ2v) is 7.58. The molecule has 0 aromatic heterocycles. The normalized spacial score (nSPS) is 19.1. The molecule has 0 bridgehead atoms. The van der Waals surface area contributed by atoms with Crippen LogP contribution in [0.1, 0.15) is 68.2 Å². The third-order valence-corrected chi connectivity index (χ3v) is 5.64. The zero-order valence-electron chi connectivity index (χ0n) is 16.0.